The van der Waals surface area contributed by atoms with Gasteiger partial charge in [0, 0.05) is 0 Å². The first kappa shape index (κ1) is 16.8. The second kappa shape index (κ2) is 9.59. The second-order valence-corrected chi connectivity index (χ2v) is 4.50. The van der Waals surface area contributed by atoms with Crippen LogP contribution in [-0.4, -0.2) is 17.7 Å². The van der Waals surface area contributed by atoms with E-state index in [1.807, 2.05) is 0 Å². The number of esters is 1. The summed E-state index contributed by atoms with van der Waals surface area (Å²) in [5.74, 6) is -0.222. The van der Waals surface area contributed by atoms with Crippen molar-refractivity contribution in [3.8, 4) is 5.75 Å². The number of ether oxygens (including phenoxy) is 1. The lowest BCUT2D eigenvalue weighted by Crippen LogP contribution is -2.03. The summed E-state index contributed by atoms with van der Waals surface area (Å²) in [6, 6.07) is 16.5. The van der Waals surface area contributed by atoms with Crippen molar-refractivity contribution in [3.63, 3.8) is 0 Å². The molecule has 2 aromatic rings. The van der Waals surface area contributed by atoms with Gasteiger partial charge in [0.1, 0.15) is 5.75 Å². The maximum Gasteiger partial charge on any atom is 0.338 e. The highest BCUT2D eigenvalue weighted by Gasteiger charge is 2.04. The van der Waals surface area contributed by atoms with Gasteiger partial charge in [-0.1, -0.05) is 43.7 Å². The summed E-state index contributed by atoms with van der Waals surface area (Å²) in [7, 11) is 0. The third kappa shape index (κ3) is 6.61. The van der Waals surface area contributed by atoms with Crippen molar-refractivity contribution < 1.29 is 14.6 Å². The maximum absolute atomic E-state index is 11.1. The summed E-state index contributed by atoms with van der Waals surface area (Å²) >= 11 is 0. The molecule has 0 unspecified atom stereocenters. The van der Waals surface area contributed by atoms with Crippen molar-refractivity contribution in [2.45, 2.75) is 26.7 Å². The van der Waals surface area contributed by atoms with E-state index < -0.39 is 0 Å². The molecule has 0 fully saturated rings. The molecule has 0 radical (unpaired) electrons. The Morgan fingerprint density at radius 2 is 1.62 bits per heavy atom. The number of hydrogen-bond donors (Lipinski definition) is 1. The molecule has 3 nitrogen and oxygen atoms in total. The topological polar surface area (TPSA) is 46.5 Å². The smallest absolute Gasteiger partial charge is 0.338 e. The van der Waals surface area contributed by atoms with Crippen LogP contribution in [-0.2, 0) is 11.2 Å². The van der Waals surface area contributed by atoms with Gasteiger partial charge in [-0.25, -0.2) is 4.79 Å². The minimum absolute atomic E-state index is 0.142. The van der Waals surface area contributed by atoms with Crippen molar-refractivity contribution in [3.05, 3.63) is 65.7 Å². The molecule has 0 aromatic heterocycles. The Labute approximate surface area is 126 Å². The molecule has 0 atom stereocenters. The molecule has 1 N–H and O–H groups in total. The minimum Gasteiger partial charge on any atom is -0.508 e. The van der Waals surface area contributed by atoms with Gasteiger partial charge in [0.05, 0.1) is 12.2 Å². The van der Waals surface area contributed by atoms with Crippen molar-refractivity contribution in [2.75, 3.05) is 6.61 Å². The number of carbonyl (C=O) groups excluding carboxylic acids is 1. The third-order valence-electron chi connectivity index (χ3n) is 2.76. The van der Waals surface area contributed by atoms with Gasteiger partial charge >= 0.3 is 5.97 Å². The zero-order valence-corrected chi connectivity index (χ0v) is 12.6. The van der Waals surface area contributed by atoms with Crippen molar-refractivity contribution in [2.24, 2.45) is 0 Å². The lowest BCUT2D eigenvalue weighted by Gasteiger charge is -2.00. The Kier molecular flexibility index (Phi) is 7.65. The summed E-state index contributed by atoms with van der Waals surface area (Å²) < 4.78 is 4.75. The lowest BCUT2D eigenvalue weighted by atomic mass is 10.1. The SMILES string of the molecule is CCCc1ccccc1.CCOC(=O)c1ccc(O)cc1. The fourth-order valence-electron chi connectivity index (χ4n) is 1.75. The zero-order chi connectivity index (χ0) is 15.5. The summed E-state index contributed by atoms with van der Waals surface area (Å²) in [5.41, 5.74) is 1.90. The van der Waals surface area contributed by atoms with Gasteiger partial charge in [0.25, 0.3) is 0 Å². The minimum atomic E-state index is -0.363. The van der Waals surface area contributed by atoms with Gasteiger partial charge in [0.15, 0.2) is 0 Å². The van der Waals surface area contributed by atoms with Gasteiger partial charge in [-0.2, -0.15) is 0 Å². The van der Waals surface area contributed by atoms with Crippen molar-refractivity contribution in [1.82, 2.24) is 0 Å². The molecule has 0 saturated heterocycles. The molecule has 0 amide bonds. The van der Waals surface area contributed by atoms with Crippen LogP contribution in [0.25, 0.3) is 0 Å². The average Bonchev–Trinajstić information content (AvgIpc) is 2.50. The van der Waals surface area contributed by atoms with E-state index in [1.54, 1.807) is 6.92 Å². The van der Waals surface area contributed by atoms with Gasteiger partial charge in [-0.3, -0.25) is 0 Å². The first-order valence-corrected chi connectivity index (χ1v) is 7.17. The van der Waals surface area contributed by atoms with Crippen LogP contribution < -0.4 is 0 Å². The maximum atomic E-state index is 11.1. The van der Waals surface area contributed by atoms with Crippen LogP contribution in [0.15, 0.2) is 54.6 Å². The molecule has 2 rings (SSSR count). The van der Waals surface area contributed by atoms with E-state index in [2.05, 4.69) is 37.3 Å². The van der Waals surface area contributed by atoms with Gasteiger partial charge in [0.2, 0.25) is 0 Å². The Bertz CT molecular complexity index is 518. The van der Waals surface area contributed by atoms with Crippen LogP contribution >= 0.6 is 0 Å². The van der Waals surface area contributed by atoms with Crippen LogP contribution in [0.3, 0.4) is 0 Å². The Morgan fingerprint density at radius 3 is 2.14 bits per heavy atom. The molecule has 0 bridgehead atoms. The standard InChI is InChI=1S/C9H10O3.C9H12/c1-2-12-9(11)7-3-5-8(10)6-4-7;1-2-6-9-7-4-3-5-8-9/h3-6,10H,2H2,1H3;3-5,7-8H,2,6H2,1H3. The van der Waals surface area contributed by atoms with E-state index in [0.717, 1.165) is 0 Å². The first-order chi connectivity index (χ1) is 10.2. The summed E-state index contributed by atoms with van der Waals surface area (Å²) in [5, 5.41) is 8.92. The third-order valence-corrected chi connectivity index (χ3v) is 2.76. The Balaban J connectivity index is 0.000000219. The summed E-state index contributed by atoms with van der Waals surface area (Å²) in [6.07, 6.45) is 2.45. The second-order valence-electron chi connectivity index (χ2n) is 4.50. The number of aryl methyl sites for hydroxylation is 1. The molecule has 0 saturated carbocycles. The molecule has 0 aliphatic heterocycles. The normalized spacial score (nSPS) is 9.43. The average molecular weight is 286 g/mol. The zero-order valence-electron chi connectivity index (χ0n) is 12.6. The van der Waals surface area contributed by atoms with Gasteiger partial charge < -0.3 is 9.84 Å². The number of phenols is 1. The van der Waals surface area contributed by atoms with Crippen LogP contribution in [0.2, 0.25) is 0 Å². The molecule has 112 valence electrons. The molecule has 0 heterocycles. The predicted octanol–water partition coefficient (Wildman–Crippen LogP) is 4.21. The number of phenolic OH excluding ortho intramolecular Hbond substituents is 1. The lowest BCUT2D eigenvalue weighted by molar-refractivity contribution is 0.0526. The van der Waals surface area contributed by atoms with Crippen molar-refractivity contribution >= 4 is 5.97 Å². The largest absolute Gasteiger partial charge is 0.508 e. The molecule has 0 spiro atoms. The van der Waals surface area contributed by atoms with Crippen LogP contribution in [0.5, 0.6) is 5.75 Å². The number of aromatic hydroxyl groups is 1. The number of hydrogen-bond acceptors (Lipinski definition) is 3. The number of rotatable bonds is 4. The van der Waals surface area contributed by atoms with E-state index in [0.29, 0.717) is 12.2 Å². The summed E-state index contributed by atoms with van der Waals surface area (Å²) in [4.78, 5) is 11.1. The highest BCUT2D eigenvalue weighted by molar-refractivity contribution is 5.89. The van der Waals surface area contributed by atoms with E-state index in [-0.39, 0.29) is 11.7 Å². The fourth-order valence-corrected chi connectivity index (χ4v) is 1.75. The molecular weight excluding hydrogens is 264 g/mol. The molecule has 0 aliphatic rings. The molecule has 0 aliphatic carbocycles. The highest BCUT2D eigenvalue weighted by Crippen LogP contribution is 2.10. The first-order valence-electron chi connectivity index (χ1n) is 7.17. The van der Waals surface area contributed by atoms with Gasteiger partial charge in [-0.05, 0) is 43.2 Å². The quantitative estimate of drug-likeness (QED) is 0.856. The van der Waals surface area contributed by atoms with E-state index in [9.17, 15) is 4.79 Å². The Hall–Kier alpha value is -2.29. The van der Waals surface area contributed by atoms with E-state index >= 15 is 0 Å². The van der Waals surface area contributed by atoms with E-state index in [4.69, 9.17) is 9.84 Å². The van der Waals surface area contributed by atoms with E-state index in [1.165, 1.54) is 42.7 Å². The molecule has 2 aromatic carbocycles. The predicted molar refractivity (Wildman–Crippen MR) is 84.5 cm³/mol. The Morgan fingerprint density at radius 1 is 1.00 bits per heavy atom. The molecule has 21 heavy (non-hydrogen) atoms. The van der Waals surface area contributed by atoms with Crippen molar-refractivity contribution in [1.29, 1.82) is 0 Å². The van der Waals surface area contributed by atoms with Gasteiger partial charge in [-0.15, -0.1) is 0 Å². The van der Waals surface area contributed by atoms with Crippen LogP contribution in [0, 0.1) is 0 Å². The number of benzene rings is 2. The van der Waals surface area contributed by atoms with Crippen LogP contribution in [0.1, 0.15) is 36.2 Å². The fraction of sp³-hybridized carbons (Fsp3) is 0.278. The monoisotopic (exact) mass is 286 g/mol. The van der Waals surface area contributed by atoms with Crippen LogP contribution in [0.4, 0.5) is 0 Å². The molecular formula is C18H22O3. The molecule has 3 heteroatoms. The number of carbonyl (C=O) groups is 1. The summed E-state index contributed by atoms with van der Waals surface area (Å²) in [6.45, 7) is 4.31. The highest BCUT2D eigenvalue weighted by atomic mass is 16.5.